The first-order chi connectivity index (χ1) is 9.28. The Morgan fingerprint density at radius 3 is 2.89 bits per heavy atom. The largest absolute Gasteiger partial charge is 0.368 e. The monoisotopic (exact) mass is 261 g/mol. The SMILES string of the molecule is CNC1CCCN(c2nc(N)nc3c2CCCC3)C1. The lowest BCUT2D eigenvalue weighted by Crippen LogP contribution is -2.45. The van der Waals surface area contributed by atoms with E-state index < -0.39 is 0 Å². The van der Waals surface area contributed by atoms with Crippen LogP contribution in [0.15, 0.2) is 0 Å². The maximum Gasteiger partial charge on any atom is 0.222 e. The minimum absolute atomic E-state index is 0.433. The van der Waals surface area contributed by atoms with Crippen LogP contribution in [0.2, 0.25) is 0 Å². The standard InChI is InChI=1S/C14H23N5/c1-16-10-5-4-8-19(9-10)13-11-6-2-3-7-12(11)17-14(15)18-13/h10,16H,2-9H2,1H3,(H2,15,17,18). The van der Waals surface area contributed by atoms with E-state index in [0.29, 0.717) is 12.0 Å². The first kappa shape index (κ1) is 12.7. The van der Waals surface area contributed by atoms with Gasteiger partial charge in [0.15, 0.2) is 0 Å². The van der Waals surface area contributed by atoms with Crippen LogP contribution in [0, 0.1) is 0 Å². The van der Waals surface area contributed by atoms with Gasteiger partial charge in [0.05, 0.1) is 5.69 Å². The Kier molecular flexibility index (Phi) is 3.55. The van der Waals surface area contributed by atoms with E-state index in [-0.39, 0.29) is 0 Å². The maximum absolute atomic E-state index is 5.89. The smallest absolute Gasteiger partial charge is 0.222 e. The van der Waals surface area contributed by atoms with Crippen LogP contribution in [-0.2, 0) is 12.8 Å². The van der Waals surface area contributed by atoms with Gasteiger partial charge in [-0.25, -0.2) is 4.98 Å². The highest BCUT2D eigenvalue weighted by atomic mass is 15.2. The van der Waals surface area contributed by atoms with Crippen molar-refractivity contribution in [2.24, 2.45) is 0 Å². The number of hydrogen-bond acceptors (Lipinski definition) is 5. The summed E-state index contributed by atoms with van der Waals surface area (Å²) in [6, 6.07) is 0.559. The molecule has 5 heteroatoms. The second-order valence-electron chi connectivity index (χ2n) is 5.61. The molecular formula is C14H23N5. The average Bonchev–Trinajstić information content (AvgIpc) is 2.46. The molecule has 3 N–H and O–H groups in total. The molecular weight excluding hydrogens is 238 g/mol. The number of nitrogens with one attached hydrogen (secondary N) is 1. The van der Waals surface area contributed by atoms with Crippen molar-refractivity contribution in [3.8, 4) is 0 Å². The van der Waals surface area contributed by atoms with E-state index in [9.17, 15) is 0 Å². The number of fused-ring (bicyclic) bond motifs is 1. The van der Waals surface area contributed by atoms with Crippen LogP contribution in [-0.4, -0.2) is 36.1 Å². The molecule has 104 valence electrons. The number of hydrogen-bond donors (Lipinski definition) is 2. The van der Waals surface area contributed by atoms with Crippen molar-refractivity contribution < 1.29 is 0 Å². The summed E-state index contributed by atoms with van der Waals surface area (Å²) in [6.45, 7) is 2.11. The quantitative estimate of drug-likeness (QED) is 0.835. The van der Waals surface area contributed by atoms with Crippen molar-refractivity contribution in [3.05, 3.63) is 11.3 Å². The molecule has 1 aromatic rings. The van der Waals surface area contributed by atoms with Crippen LogP contribution in [0.25, 0.3) is 0 Å². The van der Waals surface area contributed by atoms with E-state index in [2.05, 4.69) is 20.2 Å². The summed E-state index contributed by atoms with van der Waals surface area (Å²) in [6.07, 6.45) is 7.09. The molecule has 1 aliphatic heterocycles. The molecule has 1 aliphatic carbocycles. The van der Waals surface area contributed by atoms with Crippen LogP contribution in [0.3, 0.4) is 0 Å². The summed E-state index contributed by atoms with van der Waals surface area (Å²) in [5.41, 5.74) is 8.42. The highest BCUT2D eigenvalue weighted by Gasteiger charge is 2.25. The van der Waals surface area contributed by atoms with Crippen LogP contribution in [0.4, 0.5) is 11.8 Å². The molecule has 3 rings (SSSR count). The van der Waals surface area contributed by atoms with Crippen molar-refractivity contribution in [1.29, 1.82) is 0 Å². The first-order valence-electron chi connectivity index (χ1n) is 7.35. The van der Waals surface area contributed by atoms with E-state index in [4.69, 9.17) is 5.73 Å². The normalized spacial score (nSPS) is 23.2. The molecule has 19 heavy (non-hydrogen) atoms. The molecule has 2 aliphatic rings. The zero-order chi connectivity index (χ0) is 13.2. The Morgan fingerprint density at radius 1 is 1.21 bits per heavy atom. The Hall–Kier alpha value is -1.36. The first-order valence-corrected chi connectivity index (χ1v) is 7.35. The van der Waals surface area contributed by atoms with Crippen LogP contribution >= 0.6 is 0 Å². The fourth-order valence-electron chi connectivity index (χ4n) is 3.26. The number of piperidine rings is 1. The topological polar surface area (TPSA) is 67.1 Å². The van der Waals surface area contributed by atoms with Gasteiger partial charge < -0.3 is 16.0 Å². The van der Waals surface area contributed by atoms with Crippen LogP contribution in [0.1, 0.15) is 36.9 Å². The third-order valence-electron chi connectivity index (χ3n) is 4.31. The highest BCUT2D eigenvalue weighted by molar-refractivity contribution is 5.53. The number of aromatic nitrogens is 2. The van der Waals surface area contributed by atoms with E-state index in [1.54, 1.807) is 0 Å². The van der Waals surface area contributed by atoms with E-state index in [0.717, 1.165) is 31.7 Å². The van der Waals surface area contributed by atoms with Crippen molar-refractivity contribution in [3.63, 3.8) is 0 Å². The molecule has 5 nitrogen and oxygen atoms in total. The second-order valence-corrected chi connectivity index (χ2v) is 5.61. The number of nitrogens with two attached hydrogens (primary N) is 1. The zero-order valence-corrected chi connectivity index (χ0v) is 11.7. The number of rotatable bonds is 2. The predicted octanol–water partition coefficient (Wildman–Crippen LogP) is 1.13. The molecule has 0 aromatic carbocycles. The van der Waals surface area contributed by atoms with Gasteiger partial charge in [-0.1, -0.05) is 0 Å². The van der Waals surface area contributed by atoms with E-state index >= 15 is 0 Å². The van der Waals surface area contributed by atoms with Gasteiger partial charge in [-0.05, 0) is 45.6 Å². The summed E-state index contributed by atoms with van der Waals surface area (Å²) in [5, 5.41) is 3.38. The molecule has 2 heterocycles. The fraction of sp³-hybridized carbons (Fsp3) is 0.714. The molecule has 1 fully saturated rings. The highest BCUT2D eigenvalue weighted by Crippen LogP contribution is 2.30. The predicted molar refractivity (Wildman–Crippen MR) is 77.4 cm³/mol. The van der Waals surface area contributed by atoms with Crippen LogP contribution in [0.5, 0.6) is 0 Å². The van der Waals surface area contributed by atoms with E-state index in [1.807, 2.05) is 7.05 Å². The zero-order valence-electron chi connectivity index (χ0n) is 11.7. The summed E-state index contributed by atoms with van der Waals surface area (Å²) in [5.74, 6) is 1.53. The van der Waals surface area contributed by atoms with Gasteiger partial charge in [0.25, 0.3) is 0 Å². The molecule has 1 saturated heterocycles. The molecule has 1 atom stereocenters. The van der Waals surface area contributed by atoms with Gasteiger partial charge in [0, 0.05) is 24.7 Å². The Balaban J connectivity index is 1.92. The molecule has 0 amide bonds. The molecule has 0 saturated carbocycles. The number of anilines is 2. The van der Waals surface area contributed by atoms with Gasteiger partial charge in [-0.2, -0.15) is 4.98 Å². The summed E-state index contributed by atoms with van der Waals surface area (Å²) >= 11 is 0. The van der Waals surface area contributed by atoms with Crippen molar-refractivity contribution in [1.82, 2.24) is 15.3 Å². The summed E-state index contributed by atoms with van der Waals surface area (Å²) < 4.78 is 0. The molecule has 1 unspecified atom stereocenters. The second kappa shape index (κ2) is 5.33. The van der Waals surface area contributed by atoms with E-state index in [1.165, 1.54) is 36.9 Å². The lowest BCUT2D eigenvalue weighted by molar-refractivity contribution is 0.446. The number of nitrogen functional groups attached to an aromatic ring is 1. The van der Waals surface area contributed by atoms with Gasteiger partial charge in [0.2, 0.25) is 5.95 Å². The average molecular weight is 261 g/mol. The maximum atomic E-state index is 5.89. The summed E-state index contributed by atoms with van der Waals surface area (Å²) in [4.78, 5) is 11.4. The lowest BCUT2D eigenvalue weighted by atomic mass is 9.95. The number of likely N-dealkylation sites (N-methyl/N-ethyl adjacent to an activating group) is 1. The Labute approximate surface area is 114 Å². The minimum Gasteiger partial charge on any atom is -0.368 e. The molecule has 0 bridgehead atoms. The molecule has 0 spiro atoms. The van der Waals surface area contributed by atoms with Gasteiger partial charge in [0.1, 0.15) is 5.82 Å². The van der Waals surface area contributed by atoms with Gasteiger partial charge >= 0.3 is 0 Å². The Bertz CT molecular complexity index is 459. The third-order valence-corrected chi connectivity index (χ3v) is 4.31. The molecule has 1 aromatic heterocycles. The van der Waals surface area contributed by atoms with Crippen LogP contribution < -0.4 is 16.0 Å². The van der Waals surface area contributed by atoms with Gasteiger partial charge in [-0.15, -0.1) is 0 Å². The minimum atomic E-state index is 0.433. The molecule has 0 radical (unpaired) electrons. The Morgan fingerprint density at radius 2 is 2.05 bits per heavy atom. The fourth-order valence-corrected chi connectivity index (χ4v) is 3.26. The van der Waals surface area contributed by atoms with Crippen molar-refractivity contribution >= 4 is 11.8 Å². The number of aryl methyl sites for hydroxylation is 1. The van der Waals surface area contributed by atoms with Crippen molar-refractivity contribution in [2.75, 3.05) is 30.8 Å². The summed E-state index contributed by atoms with van der Waals surface area (Å²) in [7, 11) is 2.04. The number of nitrogens with zero attached hydrogens (tertiary/aromatic N) is 3. The third kappa shape index (κ3) is 2.52. The van der Waals surface area contributed by atoms with Gasteiger partial charge in [-0.3, -0.25) is 0 Å². The lowest BCUT2D eigenvalue weighted by Gasteiger charge is -2.35. The van der Waals surface area contributed by atoms with Crippen molar-refractivity contribution in [2.45, 2.75) is 44.6 Å².